The van der Waals surface area contributed by atoms with E-state index in [1.165, 1.54) is 0 Å². The average Bonchev–Trinajstić information content (AvgIpc) is 2.47. The molecular weight excluding hydrogens is 270 g/mol. The van der Waals surface area contributed by atoms with Crippen molar-refractivity contribution < 1.29 is 14.5 Å². The number of ketones is 1. The second-order valence-corrected chi connectivity index (χ2v) is 5.85. The summed E-state index contributed by atoms with van der Waals surface area (Å²) in [5.74, 6) is 0.728. The summed E-state index contributed by atoms with van der Waals surface area (Å²) in [7, 11) is 1.58. The van der Waals surface area contributed by atoms with Gasteiger partial charge in [0.2, 0.25) is 6.54 Å². The van der Waals surface area contributed by atoms with Crippen molar-refractivity contribution in [1.29, 1.82) is 0 Å². The first-order valence-corrected chi connectivity index (χ1v) is 7.29. The number of carbonyl (C=O) groups excluding carboxylic acids is 1. The first kappa shape index (κ1) is 15.5. The van der Waals surface area contributed by atoms with Crippen molar-refractivity contribution in [2.45, 2.75) is 32.1 Å². The summed E-state index contributed by atoms with van der Waals surface area (Å²) in [5, 5.41) is 11.0. The molecule has 0 bridgehead atoms. The number of benzene rings is 1. The van der Waals surface area contributed by atoms with Crippen LogP contribution in [0.5, 0.6) is 5.75 Å². The van der Waals surface area contributed by atoms with Gasteiger partial charge in [-0.1, -0.05) is 19.1 Å². The lowest BCUT2D eigenvalue weighted by Gasteiger charge is -2.30. The van der Waals surface area contributed by atoms with Gasteiger partial charge in [0.1, 0.15) is 11.5 Å². The fraction of sp³-hybridized carbons (Fsp3) is 0.562. The molecule has 0 aromatic heterocycles. The Balaban J connectivity index is 2.27. The standard InChI is InChI=1S/C16H21NO4/c1-11-3-8-16(18)14(9-11)15(10-17(19)20)12-4-6-13(21-2)7-5-12/h4-7,11,14-15H,3,8-10H2,1-2H3/t11-,14-,15-/m1/s1. The largest absolute Gasteiger partial charge is 0.497 e. The topological polar surface area (TPSA) is 69.4 Å². The first-order chi connectivity index (χ1) is 10.0. The van der Waals surface area contributed by atoms with E-state index in [1.54, 1.807) is 19.2 Å². The van der Waals surface area contributed by atoms with Gasteiger partial charge in [0.15, 0.2) is 0 Å². The molecule has 0 amide bonds. The third-order valence-corrected chi connectivity index (χ3v) is 4.33. The molecule has 5 heteroatoms. The monoisotopic (exact) mass is 291 g/mol. The number of carbonyl (C=O) groups is 1. The van der Waals surface area contributed by atoms with Gasteiger partial charge in [0.05, 0.1) is 13.0 Å². The van der Waals surface area contributed by atoms with Crippen LogP contribution < -0.4 is 4.74 Å². The lowest BCUT2D eigenvalue weighted by atomic mass is 9.72. The molecule has 5 nitrogen and oxygen atoms in total. The van der Waals surface area contributed by atoms with Crippen molar-refractivity contribution in [3.05, 3.63) is 39.9 Å². The van der Waals surface area contributed by atoms with E-state index < -0.39 is 0 Å². The highest BCUT2D eigenvalue weighted by Gasteiger charge is 2.36. The second-order valence-electron chi connectivity index (χ2n) is 5.85. The van der Waals surface area contributed by atoms with Crippen LogP contribution in [0.3, 0.4) is 0 Å². The number of Topliss-reactive ketones (excluding diaryl/α,β-unsaturated/α-hetero) is 1. The molecule has 0 heterocycles. The maximum Gasteiger partial charge on any atom is 0.211 e. The zero-order valence-corrected chi connectivity index (χ0v) is 12.5. The van der Waals surface area contributed by atoms with Gasteiger partial charge in [-0.25, -0.2) is 0 Å². The van der Waals surface area contributed by atoms with Crippen LogP contribution >= 0.6 is 0 Å². The number of rotatable bonds is 5. The van der Waals surface area contributed by atoms with Gasteiger partial charge in [0, 0.05) is 17.3 Å². The molecular formula is C16H21NO4. The van der Waals surface area contributed by atoms with E-state index >= 15 is 0 Å². The summed E-state index contributed by atoms with van der Waals surface area (Å²) in [6.45, 7) is 1.91. The van der Waals surface area contributed by atoms with Crippen LogP contribution in [0.2, 0.25) is 0 Å². The van der Waals surface area contributed by atoms with E-state index in [-0.39, 0.29) is 29.1 Å². The molecule has 114 valence electrons. The van der Waals surface area contributed by atoms with Gasteiger partial charge < -0.3 is 4.74 Å². The van der Waals surface area contributed by atoms with Crippen molar-refractivity contribution in [3.8, 4) is 5.75 Å². The maximum absolute atomic E-state index is 12.2. The average molecular weight is 291 g/mol. The molecule has 1 aliphatic carbocycles. The van der Waals surface area contributed by atoms with Crippen LogP contribution in [0.25, 0.3) is 0 Å². The first-order valence-electron chi connectivity index (χ1n) is 7.29. The Labute approximate surface area is 124 Å². The second kappa shape index (κ2) is 6.70. The summed E-state index contributed by atoms with van der Waals surface area (Å²) in [4.78, 5) is 22.9. The zero-order chi connectivity index (χ0) is 15.4. The van der Waals surface area contributed by atoms with Gasteiger partial charge in [-0.3, -0.25) is 14.9 Å². The van der Waals surface area contributed by atoms with Crippen LogP contribution in [0.4, 0.5) is 0 Å². The van der Waals surface area contributed by atoms with Crippen LogP contribution in [0.15, 0.2) is 24.3 Å². The number of nitro groups is 1. The van der Waals surface area contributed by atoms with Crippen LogP contribution in [-0.4, -0.2) is 24.4 Å². The number of hydrogen-bond acceptors (Lipinski definition) is 4. The van der Waals surface area contributed by atoms with E-state index in [0.717, 1.165) is 18.4 Å². The Kier molecular flexibility index (Phi) is 4.94. The molecule has 21 heavy (non-hydrogen) atoms. The van der Waals surface area contributed by atoms with Gasteiger partial charge >= 0.3 is 0 Å². The summed E-state index contributed by atoms with van der Waals surface area (Å²) >= 11 is 0. The number of hydrogen-bond donors (Lipinski definition) is 0. The summed E-state index contributed by atoms with van der Waals surface area (Å²) in [6.07, 6.45) is 2.17. The zero-order valence-electron chi connectivity index (χ0n) is 12.5. The third-order valence-electron chi connectivity index (χ3n) is 4.33. The molecule has 1 fully saturated rings. The Morgan fingerprint density at radius 3 is 2.62 bits per heavy atom. The highest BCUT2D eigenvalue weighted by molar-refractivity contribution is 5.82. The van der Waals surface area contributed by atoms with Gasteiger partial charge in [-0.05, 0) is 36.5 Å². The smallest absolute Gasteiger partial charge is 0.211 e. The Hall–Kier alpha value is -1.91. The SMILES string of the molecule is COc1ccc([C@@H](C[N+](=O)[O-])[C@H]2C[C@H](C)CCC2=O)cc1. The Bertz CT molecular complexity index is 512. The lowest BCUT2D eigenvalue weighted by Crippen LogP contribution is -2.32. The fourth-order valence-electron chi connectivity index (χ4n) is 3.12. The predicted octanol–water partition coefficient (Wildman–Crippen LogP) is 3.06. The molecule has 0 saturated heterocycles. The van der Waals surface area contributed by atoms with E-state index in [4.69, 9.17) is 4.74 Å². The molecule has 0 aliphatic heterocycles. The van der Waals surface area contributed by atoms with E-state index in [0.29, 0.717) is 18.1 Å². The van der Waals surface area contributed by atoms with Gasteiger partial charge in [-0.2, -0.15) is 0 Å². The van der Waals surface area contributed by atoms with Crippen molar-refractivity contribution in [2.75, 3.05) is 13.7 Å². The van der Waals surface area contributed by atoms with Crippen molar-refractivity contribution in [1.82, 2.24) is 0 Å². The molecule has 0 spiro atoms. The molecule has 1 saturated carbocycles. The number of nitrogens with zero attached hydrogens (tertiary/aromatic N) is 1. The minimum absolute atomic E-state index is 0.163. The van der Waals surface area contributed by atoms with E-state index in [2.05, 4.69) is 6.92 Å². The minimum Gasteiger partial charge on any atom is -0.497 e. The van der Waals surface area contributed by atoms with Crippen LogP contribution in [0.1, 0.15) is 37.7 Å². The molecule has 3 atom stereocenters. The quantitative estimate of drug-likeness (QED) is 0.617. The number of methoxy groups -OCH3 is 1. The molecule has 0 unspecified atom stereocenters. The third kappa shape index (κ3) is 3.80. The normalized spacial score (nSPS) is 23.6. The highest BCUT2D eigenvalue weighted by Crippen LogP contribution is 2.37. The highest BCUT2D eigenvalue weighted by atomic mass is 16.6. The Morgan fingerprint density at radius 1 is 1.38 bits per heavy atom. The minimum atomic E-state index is -0.346. The molecule has 1 aliphatic rings. The van der Waals surface area contributed by atoms with Crippen molar-refractivity contribution >= 4 is 5.78 Å². The molecule has 1 aromatic rings. The maximum atomic E-state index is 12.2. The molecule has 0 radical (unpaired) electrons. The molecule has 2 rings (SSSR count). The lowest BCUT2D eigenvalue weighted by molar-refractivity contribution is -0.484. The van der Waals surface area contributed by atoms with E-state index in [9.17, 15) is 14.9 Å². The van der Waals surface area contributed by atoms with Crippen molar-refractivity contribution in [3.63, 3.8) is 0 Å². The van der Waals surface area contributed by atoms with Crippen LogP contribution in [-0.2, 0) is 4.79 Å². The van der Waals surface area contributed by atoms with Gasteiger partial charge in [0.25, 0.3) is 0 Å². The predicted molar refractivity (Wildman–Crippen MR) is 79.1 cm³/mol. The summed E-state index contributed by atoms with van der Waals surface area (Å²) in [6, 6.07) is 7.25. The molecule has 0 N–H and O–H groups in total. The van der Waals surface area contributed by atoms with E-state index in [1.807, 2.05) is 12.1 Å². The van der Waals surface area contributed by atoms with Crippen molar-refractivity contribution in [2.24, 2.45) is 11.8 Å². The summed E-state index contributed by atoms with van der Waals surface area (Å²) < 4.78 is 5.11. The van der Waals surface area contributed by atoms with Gasteiger partial charge in [-0.15, -0.1) is 0 Å². The summed E-state index contributed by atoms with van der Waals surface area (Å²) in [5.41, 5.74) is 0.847. The number of ether oxygens (including phenoxy) is 1. The molecule has 1 aromatic carbocycles. The fourth-order valence-corrected chi connectivity index (χ4v) is 3.12. The van der Waals surface area contributed by atoms with Crippen LogP contribution in [0, 0.1) is 22.0 Å². The Morgan fingerprint density at radius 2 is 2.05 bits per heavy atom.